The van der Waals surface area contributed by atoms with Gasteiger partial charge in [-0.2, -0.15) is 0 Å². The molecule has 0 aromatic heterocycles. The molecule has 0 saturated heterocycles. The van der Waals surface area contributed by atoms with Crippen molar-refractivity contribution in [2.45, 2.75) is 180 Å². The molecule has 0 radical (unpaired) electrons. The van der Waals surface area contributed by atoms with Crippen LogP contribution >= 0.6 is 0 Å². The third kappa shape index (κ3) is 29.4. The van der Waals surface area contributed by atoms with Crippen molar-refractivity contribution in [2.24, 2.45) is 0 Å². The molecule has 0 aliphatic heterocycles. The molecule has 0 aromatic carbocycles. The summed E-state index contributed by atoms with van der Waals surface area (Å²) in [6.07, 6.45) is 32.6. The maximum Gasteiger partial charge on any atom is 0.306 e. The lowest BCUT2D eigenvalue weighted by Crippen LogP contribution is -2.28. The van der Waals surface area contributed by atoms with Gasteiger partial charge in [0.05, 0.1) is 6.61 Å². The standard InChI is InChI=1S/C34H64O5/c1-3-5-7-9-11-13-15-16-17-19-20-22-24-26-28-33(36)38-31-32(30-35)39-34(37)29-27-25-23-21-18-14-12-10-8-6-4-2/h10,12,32,35H,3-9,11,13-31H2,1-2H3/b12-10+/t32-/m0/s1. The highest BCUT2D eigenvalue weighted by molar-refractivity contribution is 5.70. The number of allylic oxidation sites excluding steroid dienone is 2. The summed E-state index contributed by atoms with van der Waals surface area (Å²) in [4.78, 5) is 24.1. The molecular weight excluding hydrogens is 488 g/mol. The van der Waals surface area contributed by atoms with Crippen molar-refractivity contribution in [3.8, 4) is 0 Å². The topological polar surface area (TPSA) is 72.8 Å². The minimum absolute atomic E-state index is 0.0640. The Kier molecular flexibility index (Phi) is 30.1. The fourth-order valence-electron chi connectivity index (χ4n) is 4.71. The predicted octanol–water partition coefficient (Wildman–Crippen LogP) is 9.78. The Morgan fingerprint density at radius 3 is 1.46 bits per heavy atom. The van der Waals surface area contributed by atoms with Crippen LogP contribution in [0.25, 0.3) is 0 Å². The first-order chi connectivity index (χ1) is 19.1. The number of aliphatic hydroxyl groups is 1. The first-order valence-corrected chi connectivity index (χ1v) is 16.7. The van der Waals surface area contributed by atoms with Crippen LogP contribution in [0.4, 0.5) is 0 Å². The summed E-state index contributed by atoms with van der Waals surface area (Å²) in [6.45, 7) is 4.08. The van der Waals surface area contributed by atoms with Crippen LogP contribution in [0.2, 0.25) is 0 Å². The molecular formula is C34H64O5. The molecule has 39 heavy (non-hydrogen) atoms. The Morgan fingerprint density at radius 2 is 0.974 bits per heavy atom. The fraction of sp³-hybridized carbons (Fsp3) is 0.882. The second kappa shape index (κ2) is 31.2. The first-order valence-electron chi connectivity index (χ1n) is 16.7. The fourth-order valence-corrected chi connectivity index (χ4v) is 4.71. The summed E-state index contributed by atoms with van der Waals surface area (Å²) in [5, 5.41) is 9.48. The average molecular weight is 553 g/mol. The van der Waals surface area contributed by atoms with E-state index in [1.807, 2.05) is 0 Å². The summed E-state index contributed by atoms with van der Waals surface area (Å²) < 4.78 is 10.5. The van der Waals surface area contributed by atoms with Gasteiger partial charge < -0.3 is 14.6 Å². The molecule has 1 atom stereocenters. The molecule has 0 saturated carbocycles. The van der Waals surface area contributed by atoms with Gasteiger partial charge in [0.1, 0.15) is 6.61 Å². The summed E-state index contributed by atoms with van der Waals surface area (Å²) in [5.74, 6) is -0.598. The number of unbranched alkanes of at least 4 members (excludes halogenated alkanes) is 20. The Balaban J connectivity index is 3.56. The number of esters is 2. The quantitative estimate of drug-likeness (QED) is 0.0545. The minimum atomic E-state index is -0.766. The first kappa shape index (κ1) is 37.6. The van der Waals surface area contributed by atoms with Crippen molar-refractivity contribution in [1.29, 1.82) is 0 Å². The number of ether oxygens (including phenoxy) is 2. The van der Waals surface area contributed by atoms with Gasteiger partial charge in [0.2, 0.25) is 0 Å². The monoisotopic (exact) mass is 552 g/mol. The van der Waals surface area contributed by atoms with Crippen LogP contribution in [0.3, 0.4) is 0 Å². The Bertz CT molecular complexity index is 560. The van der Waals surface area contributed by atoms with Crippen LogP contribution in [0.15, 0.2) is 12.2 Å². The Labute approximate surface area is 241 Å². The lowest BCUT2D eigenvalue weighted by molar-refractivity contribution is -0.161. The predicted molar refractivity (Wildman–Crippen MR) is 164 cm³/mol. The number of rotatable bonds is 30. The molecule has 0 spiro atoms. The number of carbonyl (C=O) groups is 2. The molecule has 0 heterocycles. The van der Waals surface area contributed by atoms with E-state index >= 15 is 0 Å². The zero-order valence-electron chi connectivity index (χ0n) is 25.9. The largest absolute Gasteiger partial charge is 0.462 e. The maximum atomic E-state index is 12.1. The van der Waals surface area contributed by atoms with Gasteiger partial charge in [-0.15, -0.1) is 0 Å². The summed E-state index contributed by atoms with van der Waals surface area (Å²) in [6, 6.07) is 0. The molecule has 0 amide bonds. The van der Waals surface area contributed by atoms with Gasteiger partial charge in [0.15, 0.2) is 6.10 Å². The molecule has 0 fully saturated rings. The van der Waals surface area contributed by atoms with Gasteiger partial charge in [0, 0.05) is 12.8 Å². The lowest BCUT2D eigenvalue weighted by Gasteiger charge is -2.15. The van der Waals surface area contributed by atoms with E-state index < -0.39 is 6.10 Å². The lowest BCUT2D eigenvalue weighted by atomic mass is 10.0. The van der Waals surface area contributed by atoms with Crippen molar-refractivity contribution >= 4 is 11.9 Å². The van der Waals surface area contributed by atoms with Gasteiger partial charge in [-0.05, 0) is 32.1 Å². The molecule has 0 bridgehead atoms. The molecule has 0 unspecified atom stereocenters. The molecule has 0 aliphatic rings. The molecule has 5 nitrogen and oxygen atoms in total. The molecule has 230 valence electrons. The number of carbonyl (C=O) groups excluding carboxylic acids is 2. The van der Waals surface area contributed by atoms with Crippen LogP contribution in [0.1, 0.15) is 174 Å². The second-order valence-electron chi connectivity index (χ2n) is 11.2. The smallest absolute Gasteiger partial charge is 0.306 e. The number of aliphatic hydroxyl groups excluding tert-OH is 1. The minimum Gasteiger partial charge on any atom is -0.462 e. The summed E-state index contributed by atoms with van der Waals surface area (Å²) in [7, 11) is 0. The molecule has 0 aliphatic carbocycles. The van der Waals surface area contributed by atoms with Gasteiger partial charge in [-0.25, -0.2) is 0 Å². The average Bonchev–Trinajstić information content (AvgIpc) is 2.94. The maximum absolute atomic E-state index is 12.1. The Morgan fingerprint density at radius 1 is 0.564 bits per heavy atom. The van der Waals surface area contributed by atoms with E-state index in [0.29, 0.717) is 12.8 Å². The summed E-state index contributed by atoms with van der Waals surface area (Å²) >= 11 is 0. The molecule has 1 N–H and O–H groups in total. The van der Waals surface area contributed by atoms with Crippen LogP contribution in [0.5, 0.6) is 0 Å². The molecule has 0 aromatic rings. The zero-order valence-corrected chi connectivity index (χ0v) is 25.9. The van der Waals surface area contributed by atoms with E-state index in [4.69, 9.17) is 9.47 Å². The SMILES string of the molecule is CCCC/C=C/CCCCCCCC(=O)O[C@@H](CO)COC(=O)CCCCCCCCCCCCCCCC. The zero-order chi connectivity index (χ0) is 28.7. The van der Waals surface area contributed by atoms with Crippen LogP contribution < -0.4 is 0 Å². The van der Waals surface area contributed by atoms with E-state index in [1.165, 1.54) is 103 Å². The van der Waals surface area contributed by atoms with Crippen molar-refractivity contribution in [3.63, 3.8) is 0 Å². The molecule has 0 rings (SSSR count). The normalized spacial score (nSPS) is 12.2. The number of hydrogen-bond acceptors (Lipinski definition) is 5. The van der Waals surface area contributed by atoms with Crippen molar-refractivity contribution in [3.05, 3.63) is 12.2 Å². The third-order valence-electron chi connectivity index (χ3n) is 7.31. The number of hydrogen-bond donors (Lipinski definition) is 1. The highest BCUT2D eigenvalue weighted by Gasteiger charge is 2.16. The van der Waals surface area contributed by atoms with Crippen molar-refractivity contribution in [1.82, 2.24) is 0 Å². The highest BCUT2D eigenvalue weighted by atomic mass is 16.6. The highest BCUT2D eigenvalue weighted by Crippen LogP contribution is 2.14. The van der Waals surface area contributed by atoms with Crippen molar-refractivity contribution in [2.75, 3.05) is 13.2 Å². The van der Waals surface area contributed by atoms with Gasteiger partial charge >= 0.3 is 11.9 Å². The van der Waals surface area contributed by atoms with E-state index in [-0.39, 0.29) is 25.2 Å². The summed E-state index contributed by atoms with van der Waals surface area (Å²) in [5.41, 5.74) is 0. The van der Waals surface area contributed by atoms with Crippen LogP contribution in [-0.2, 0) is 19.1 Å². The van der Waals surface area contributed by atoms with E-state index in [9.17, 15) is 14.7 Å². The second-order valence-corrected chi connectivity index (χ2v) is 11.2. The van der Waals surface area contributed by atoms with E-state index in [0.717, 1.165) is 44.9 Å². The van der Waals surface area contributed by atoms with Gasteiger partial charge in [0.25, 0.3) is 0 Å². The Hall–Kier alpha value is -1.36. The van der Waals surface area contributed by atoms with Crippen LogP contribution in [0, 0.1) is 0 Å². The van der Waals surface area contributed by atoms with E-state index in [1.54, 1.807) is 0 Å². The van der Waals surface area contributed by atoms with Crippen molar-refractivity contribution < 1.29 is 24.2 Å². The third-order valence-corrected chi connectivity index (χ3v) is 7.31. The molecule has 5 heteroatoms. The van der Waals surface area contributed by atoms with Gasteiger partial charge in [-0.3, -0.25) is 9.59 Å². The van der Waals surface area contributed by atoms with Crippen LogP contribution in [-0.4, -0.2) is 36.4 Å². The van der Waals surface area contributed by atoms with E-state index in [2.05, 4.69) is 26.0 Å². The van der Waals surface area contributed by atoms with Gasteiger partial charge in [-0.1, -0.05) is 142 Å².